The first-order valence-electron chi connectivity index (χ1n) is 4.87. The number of hydrogen-bond acceptors (Lipinski definition) is 1. The van der Waals surface area contributed by atoms with E-state index in [0.717, 1.165) is 11.1 Å². The zero-order valence-electron chi connectivity index (χ0n) is 9.74. The summed E-state index contributed by atoms with van der Waals surface area (Å²) in [5.74, 6) is 3.16. The van der Waals surface area contributed by atoms with Crippen molar-refractivity contribution in [2.24, 2.45) is 0 Å². The van der Waals surface area contributed by atoms with Gasteiger partial charge in [0.05, 0.1) is 6.10 Å². The van der Waals surface area contributed by atoms with E-state index in [1.54, 1.807) is 6.92 Å². The zero-order valence-corrected chi connectivity index (χ0v) is 10.6. The largest absolute Gasteiger partial charge is 0.389 e. The summed E-state index contributed by atoms with van der Waals surface area (Å²) < 4.78 is 0. The Kier molecular flexibility index (Phi) is 3.84. The van der Waals surface area contributed by atoms with E-state index in [9.17, 15) is 5.11 Å². The van der Waals surface area contributed by atoms with Crippen LogP contribution in [-0.2, 0) is 0 Å². The fourth-order valence-electron chi connectivity index (χ4n) is 1.06. The third-order valence-corrected chi connectivity index (χ3v) is 2.61. The molecule has 0 saturated heterocycles. The molecular weight excluding hydrogens is 204 g/mol. The summed E-state index contributed by atoms with van der Waals surface area (Å²) in [4.78, 5) is 0. The van der Waals surface area contributed by atoms with Crippen LogP contribution in [0.5, 0.6) is 0 Å². The van der Waals surface area contributed by atoms with Crippen LogP contribution in [0.3, 0.4) is 0 Å². The summed E-state index contributed by atoms with van der Waals surface area (Å²) >= 11 is 0. The topological polar surface area (TPSA) is 20.2 Å². The van der Waals surface area contributed by atoms with Gasteiger partial charge in [0.1, 0.15) is 0 Å². The minimum absolute atomic E-state index is 0.403. The summed E-state index contributed by atoms with van der Waals surface area (Å²) in [5.41, 5.74) is 1.95. The van der Waals surface area contributed by atoms with Gasteiger partial charge in [0.15, 0.2) is 0 Å². The van der Waals surface area contributed by atoms with Crippen molar-refractivity contribution in [3.63, 3.8) is 0 Å². The smallest absolute Gasteiger partial charge is 0.0761 e. The van der Waals surface area contributed by atoms with Crippen LogP contribution >= 0.6 is 10.0 Å². The molecule has 1 unspecified atom stereocenters. The number of aliphatic hydroxyl groups excluding tert-OH is 1. The summed E-state index contributed by atoms with van der Waals surface area (Å²) in [5, 5.41) is 12.6. The Morgan fingerprint density at radius 3 is 2.07 bits per heavy atom. The summed E-state index contributed by atoms with van der Waals surface area (Å²) in [6.07, 6.45) is 6.11. The van der Waals surface area contributed by atoms with Crippen molar-refractivity contribution in [3.8, 4) is 11.2 Å². The Labute approximate surface area is 93.8 Å². The molecule has 1 aromatic carbocycles. The predicted octanol–water partition coefficient (Wildman–Crippen LogP) is 2.74. The van der Waals surface area contributed by atoms with Crippen LogP contribution in [-0.4, -0.2) is 23.9 Å². The van der Waals surface area contributed by atoms with Gasteiger partial charge in [-0.05, 0) is 48.6 Å². The maximum atomic E-state index is 9.34. The lowest BCUT2D eigenvalue weighted by Gasteiger charge is -2.14. The second-order valence-electron chi connectivity index (χ2n) is 4.36. The molecule has 0 saturated carbocycles. The molecule has 0 aliphatic carbocycles. The van der Waals surface area contributed by atoms with Gasteiger partial charge in [-0.1, -0.05) is 18.1 Å². The molecule has 15 heavy (non-hydrogen) atoms. The van der Waals surface area contributed by atoms with Crippen molar-refractivity contribution in [2.45, 2.75) is 13.0 Å². The van der Waals surface area contributed by atoms with Crippen molar-refractivity contribution in [2.75, 3.05) is 18.8 Å². The molecule has 0 radical (unpaired) electrons. The van der Waals surface area contributed by atoms with Crippen LogP contribution in [0, 0.1) is 11.2 Å². The van der Waals surface area contributed by atoms with Crippen molar-refractivity contribution in [1.82, 2.24) is 0 Å². The van der Waals surface area contributed by atoms with Gasteiger partial charge in [-0.3, -0.25) is 0 Å². The number of hydrogen-bond donors (Lipinski definition) is 1. The van der Waals surface area contributed by atoms with Gasteiger partial charge in [0.25, 0.3) is 0 Å². The Morgan fingerprint density at radius 2 is 1.67 bits per heavy atom. The highest BCUT2D eigenvalue weighted by Gasteiger charge is 1.99. The molecule has 1 N–H and O–H groups in total. The van der Waals surface area contributed by atoms with Crippen LogP contribution in [0.25, 0.3) is 0 Å². The Bertz CT molecular complexity index is 374. The van der Waals surface area contributed by atoms with Crippen LogP contribution in [0.15, 0.2) is 24.3 Å². The second kappa shape index (κ2) is 4.74. The van der Waals surface area contributed by atoms with Gasteiger partial charge in [-0.2, -0.15) is 10.0 Å². The summed E-state index contributed by atoms with van der Waals surface area (Å²) in [6.45, 7) is 1.76. The minimum Gasteiger partial charge on any atom is -0.389 e. The molecule has 0 spiro atoms. The van der Waals surface area contributed by atoms with Gasteiger partial charge in [0.2, 0.25) is 0 Å². The van der Waals surface area contributed by atoms with E-state index in [1.807, 2.05) is 24.3 Å². The van der Waals surface area contributed by atoms with Gasteiger partial charge in [-0.25, -0.2) is 0 Å². The van der Waals surface area contributed by atoms with Gasteiger partial charge < -0.3 is 5.11 Å². The van der Waals surface area contributed by atoms with Crippen LogP contribution < -0.4 is 0 Å². The Balaban J connectivity index is 2.85. The van der Waals surface area contributed by atoms with Gasteiger partial charge >= 0.3 is 0 Å². The zero-order chi connectivity index (χ0) is 11.5. The SMILES string of the molecule is CC(O)c1ccc(C#CS(C)(C)C)cc1. The number of benzene rings is 1. The number of aliphatic hydroxyl groups is 1. The molecule has 82 valence electrons. The molecule has 2 heteroatoms. The van der Waals surface area contributed by atoms with E-state index in [0.29, 0.717) is 0 Å². The van der Waals surface area contributed by atoms with Crippen LogP contribution in [0.2, 0.25) is 0 Å². The van der Waals surface area contributed by atoms with E-state index in [4.69, 9.17) is 0 Å². The molecule has 1 atom stereocenters. The second-order valence-corrected chi connectivity index (χ2v) is 8.24. The van der Waals surface area contributed by atoms with Crippen LogP contribution in [0.1, 0.15) is 24.2 Å². The standard InChI is InChI=1S/C13H18OS/c1-11(14)13-7-5-12(6-8-13)9-10-15(2,3)4/h5-8,11,14H,1-4H3. The molecule has 0 aromatic heterocycles. The highest BCUT2D eigenvalue weighted by Crippen LogP contribution is 2.32. The lowest BCUT2D eigenvalue weighted by molar-refractivity contribution is 0.199. The fraction of sp³-hybridized carbons (Fsp3) is 0.385. The molecule has 0 bridgehead atoms. The normalized spacial score (nSPS) is 13.9. The quantitative estimate of drug-likeness (QED) is 0.724. The van der Waals surface area contributed by atoms with Gasteiger partial charge in [0, 0.05) is 5.56 Å². The molecule has 0 aliphatic heterocycles. The predicted molar refractivity (Wildman–Crippen MR) is 69.3 cm³/mol. The molecule has 0 fully saturated rings. The van der Waals surface area contributed by atoms with E-state index in [1.165, 1.54) is 0 Å². The maximum Gasteiger partial charge on any atom is 0.0761 e. The highest BCUT2D eigenvalue weighted by molar-refractivity contribution is 8.35. The molecule has 1 aromatic rings. The number of rotatable bonds is 1. The van der Waals surface area contributed by atoms with Crippen molar-refractivity contribution in [3.05, 3.63) is 35.4 Å². The molecular formula is C13H18OS. The van der Waals surface area contributed by atoms with E-state index < -0.39 is 16.1 Å². The molecule has 1 rings (SSSR count). The maximum absolute atomic E-state index is 9.34. The third-order valence-electron chi connectivity index (χ3n) is 1.89. The van der Waals surface area contributed by atoms with Gasteiger partial charge in [-0.15, -0.1) is 0 Å². The Hall–Kier alpha value is -0.910. The lowest BCUT2D eigenvalue weighted by Crippen LogP contribution is -1.90. The molecule has 0 amide bonds. The average molecular weight is 222 g/mol. The molecule has 1 nitrogen and oxygen atoms in total. The van der Waals surface area contributed by atoms with E-state index in [-0.39, 0.29) is 0 Å². The van der Waals surface area contributed by atoms with Crippen LogP contribution in [0.4, 0.5) is 0 Å². The molecule has 0 heterocycles. The lowest BCUT2D eigenvalue weighted by atomic mass is 10.1. The van der Waals surface area contributed by atoms with Crippen molar-refractivity contribution in [1.29, 1.82) is 0 Å². The first kappa shape index (κ1) is 12.2. The first-order chi connectivity index (χ1) is 6.88. The third kappa shape index (κ3) is 4.42. The minimum atomic E-state index is -0.759. The summed E-state index contributed by atoms with van der Waals surface area (Å²) in [6, 6.07) is 7.76. The van der Waals surface area contributed by atoms with E-state index in [2.05, 4.69) is 29.9 Å². The summed E-state index contributed by atoms with van der Waals surface area (Å²) in [7, 11) is -0.759. The monoisotopic (exact) mass is 222 g/mol. The fourth-order valence-corrected chi connectivity index (χ4v) is 1.48. The van der Waals surface area contributed by atoms with Crippen molar-refractivity contribution < 1.29 is 5.11 Å². The first-order valence-corrected chi connectivity index (χ1v) is 7.73. The highest BCUT2D eigenvalue weighted by atomic mass is 32.3. The molecule has 0 aliphatic rings. The Morgan fingerprint density at radius 1 is 1.13 bits per heavy atom. The van der Waals surface area contributed by atoms with E-state index >= 15 is 0 Å². The van der Waals surface area contributed by atoms with Crippen molar-refractivity contribution >= 4 is 10.0 Å². The average Bonchev–Trinajstić information content (AvgIpc) is 2.14.